The number of hydrogen-bond acceptors (Lipinski definition) is 3. The van der Waals surface area contributed by atoms with Crippen LogP contribution in [0.5, 0.6) is 0 Å². The first-order valence-electron chi connectivity index (χ1n) is 10.2. The number of fused-ring (bicyclic) bond motifs is 2. The molecule has 3 aliphatic heterocycles. The predicted octanol–water partition coefficient (Wildman–Crippen LogP) is 4.21. The maximum Gasteiger partial charge on any atom is 0.136 e. The summed E-state index contributed by atoms with van der Waals surface area (Å²) in [6.07, 6.45) is 9.00. The third kappa shape index (κ3) is 4.15. The third-order valence-electron chi connectivity index (χ3n) is 6.62. The Balaban J connectivity index is 1.37. The zero-order valence-corrected chi connectivity index (χ0v) is 15.2. The maximum absolute atomic E-state index is 12.9. The highest BCUT2D eigenvalue weighted by molar-refractivity contribution is 5.81. The van der Waals surface area contributed by atoms with E-state index in [-0.39, 0.29) is 0 Å². The molecule has 3 saturated heterocycles. The Hall–Kier alpha value is -1.19. The third-order valence-corrected chi connectivity index (χ3v) is 6.62. The van der Waals surface area contributed by atoms with Gasteiger partial charge in [0, 0.05) is 44.2 Å². The van der Waals surface area contributed by atoms with Crippen molar-refractivity contribution in [1.82, 2.24) is 4.90 Å². The number of rotatable bonds is 5. The average Bonchev–Trinajstić information content (AvgIpc) is 2.63. The predicted molar refractivity (Wildman–Crippen MR) is 99.3 cm³/mol. The van der Waals surface area contributed by atoms with Crippen LogP contribution in [0.25, 0.3) is 0 Å². The second-order valence-electron chi connectivity index (χ2n) is 8.29. The lowest BCUT2D eigenvalue weighted by Gasteiger charge is -2.49. The van der Waals surface area contributed by atoms with Crippen LogP contribution in [0.1, 0.15) is 56.9 Å². The summed E-state index contributed by atoms with van der Waals surface area (Å²) in [5.41, 5.74) is 1.41. The van der Waals surface area contributed by atoms with E-state index in [9.17, 15) is 4.79 Å². The summed E-state index contributed by atoms with van der Waals surface area (Å²) in [5.74, 6) is 1.43. The smallest absolute Gasteiger partial charge is 0.136 e. The van der Waals surface area contributed by atoms with Crippen molar-refractivity contribution in [2.24, 2.45) is 11.8 Å². The van der Waals surface area contributed by atoms with Crippen LogP contribution in [-0.4, -0.2) is 36.0 Å². The van der Waals surface area contributed by atoms with Crippen LogP contribution in [0.15, 0.2) is 30.3 Å². The number of carbonyl (C=O) groups excluding carboxylic acids is 1. The van der Waals surface area contributed by atoms with Gasteiger partial charge in [-0.1, -0.05) is 36.8 Å². The lowest BCUT2D eigenvalue weighted by atomic mass is 9.75. The number of benzene rings is 1. The van der Waals surface area contributed by atoms with E-state index in [1.807, 2.05) is 0 Å². The summed E-state index contributed by atoms with van der Waals surface area (Å²) >= 11 is 0. The molecule has 3 heteroatoms. The zero-order chi connectivity index (χ0) is 17.1. The van der Waals surface area contributed by atoms with E-state index >= 15 is 0 Å². The molecule has 3 nitrogen and oxygen atoms in total. The molecule has 0 saturated carbocycles. The van der Waals surface area contributed by atoms with Crippen molar-refractivity contribution in [2.45, 2.75) is 70.0 Å². The van der Waals surface area contributed by atoms with Gasteiger partial charge in [0.05, 0.1) is 0 Å². The first kappa shape index (κ1) is 17.2. The average molecular weight is 341 g/mol. The van der Waals surface area contributed by atoms with Gasteiger partial charge in [-0.2, -0.15) is 0 Å². The molecule has 1 aromatic carbocycles. The van der Waals surface area contributed by atoms with Crippen molar-refractivity contribution in [2.75, 3.05) is 13.2 Å². The quantitative estimate of drug-likeness (QED) is 0.804. The van der Waals surface area contributed by atoms with Gasteiger partial charge in [0.15, 0.2) is 0 Å². The van der Waals surface area contributed by atoms with Gasteiger partial charge in [0.25, 0.3) is 0 Å². The van der Waals surface area contributed by atoms with Gasteiger partial charge in [-0.05, 0) is 50.0 Å². The highest BCUT2D eigenvalue weighted by Gasteiger charge is 2.40. The van der Waals surface area contributed by atoms with Crippen LogP contribution in [0.4, 0.5) is 0 Å². The summed E-state index contributed by atoms with van der Waals surface area (Å²) in [6.45, 7) is 2.74. The molecule has 0 aliphatic carbocycles. The van der Waals surface area contributed by atoms with Crippen LogP contribution in [0.3, 0.4) is 0 Å². The van der Waals surface area contributed by atoms with Gasteiger partial charge < -0.3 is 4.74 Å². The first-order valence-corrected chi connectivity index (χ1v) is 10.2. The minimum atomic E-state index is 0.310. The van der Waals surface area contributed by atoms with Crippen molar-refractivity contribution >= 4 is 5.78 Å². The molecule has 2 bridgehead atoms. The van der Waals surface area contributed by atoms with Gasteiger partial charge in [0.2, 0.25) is 0 Å². The number of nitrogens with zero attached hydrogens (tertiary/aromatic N) is 1. The van der Waals surface area contributed by atoms with Crippen LogP contribution in [0, 0.1) is 11.8 Å². The van der Waals surface area contributed by atoms with Crippen LogP contribution >= 0.6 is 0 Å². The summed E-state index contributed by atoms with van der Waals surface area (Å²) in [4.78, 5) is 15.6. The SMILES string of the molecule is O=C(CC1CCOCC1)C1CC2CCCC(C1)N2Cc1ccccc1. The molecule has 1 aromatic rings. The molecule has 0 amide bonds. The molecule has 3 heterocycles. The van der Waals surface area contributed by atoms with E-state index in [4.69, 9.17) is 4.74 Å². The number of ketones is 1. The van der Waals surface area contributed by atoms with Crippen LogP contribution in [0.2, 0.25) is 0 Å². The summed E-state index contributed by atoms with van der Waals surface area (Å²) in [7, 11) is 0. The normalized spacial score (nSPS) is 31.0. The first-order chi connectivity index (χ1) is 12.3. The van der Waals surface area contributed by atoms with Crippen molar-refractivity contribution in [3.63, 3.8) is 0 Å². The van der Waals surface area contributed by atoms with Gasteiger partial charge in [-0.3, -0.25) is 9.69 Å². The second-order valence-corrected chi connectivity index (χ2v) is 8.29. The Kier molecular flexibility index (Phi) is 5.52. The number of hydrogen-bond donors (Lipinski definition) is 0. The number of piperidine rings is 2. The molecule has 2 atom stereocenters. The Labute approximate surface area is 151 Å². The Morgan fingerprint density at radius 3 is 2.36 bits per heavy atom. The van der Waals surface area contributed by atoms with Crippen LogP contribution in [-0.2, 0) is 16.1 Å². The largest absolute Gasteiger partial charge is 0.381 e. The Morgan fingerprint density at radius 1 is 1.00 bits per heavy atom. The highest BCUT2D eigenvalue weighted by atomic mass is 16.5. The molecule has 4 rings (SSSR count). The van der Waals surface area contributed by atoms with E-state index in [1.165, 1.54) is 24.8 Å². The molecular formula is C22H31NO2. The fourth-order valence-corrected chi connectivity index (χ4v) is 5.20. The molecule has 136 valence electrons. The molecule has 0 spiro atoms. The van der Waals surface area contributed by atoms with Gasteiger partial charge in [-0.15, -0.1) is 0 Å². The van der Waals surface area contributed by atoms with Crippen molar-refractivity contribution in [3.8, 4) is 0 Å². The molecule has 25 heavy (non-hydrogen) atoms. The fraction of sp³-hybridized carbons (Fsp3) is 0.682. The van der Waals surface area contributed by atoms with Crippen LogP contribution < -0.4 is 0 Å². The Bertz CT molecular complexity index is 553. The number of ether oxygens (including phenoxy) is 1. The highest BCUT2D eigenvalue weighted by Crippen LogP contribution is 2.39. The molecule has 3 aliphatic rings. The van der Waals surface area contributed by atoms with E-state index in [2.05, 4.69) is 35.2 Å². The Morgan fingerprint density at radius 2 is 1.68 bits per heavy atom. The monoisotopic (exact) mass is 341 g/mol. The fourth-order valence-electron chi connectivity index (χ4n) is 5.20. The molecule has 0 aromatic heterocycles. The standard InChI is InChI=1S/C22H31NO2/c24-22(13-17-9-11-25-12-10-17)19-14-20-7-4-8-21(15-19)23(20)16-18-5-2-1-3-6-18/h1-3,5-6,17,19-21H,4,7-16H2. The van der Waals surface area contributed by atoms with Gasteiger partial charge >= 0.3 is 0 Å². The zero-order valence-electron chi connectivity index (χ0n) is 15.2. The molecule has 3 fully saturated rings. The van der Waals surface area contributed by atoms with E-state index in [0.29, 0.717) is 29.7 Å². The number of carbonyl (C=O) groups is 1. The van der Waals surface area contributed by atoms with E-state index in [0.717, 1.165) is 51.9 Å². The molecule has 2 unspecified atom stereocenters. The minimum Gasteiger partial charge on any atom is -0.381 e. The summed E-state index contributed by atoms with van der Waals surface area (Å²) in [6, 6.07) is 12.0. The van der Waals surface area contributed by atoms with Crippen molar-refractivity contribution < 1.29 is 9.53 Å². The van der Waals surface area contributed by atoms with E-state index < -0.39 is 0 Å². The van der Waals surface area contributed by atoms with Gasteiger partial charge in [-0.25, -0.2) is 0 Å². The summed E-state index contributed by atoms with van der Waals surface area (Å²) < 4.78 is 5.44. The number of Topliss-reactive ketones (excluding diaryl/α,β-unsaturated/α-hetero) is 1. The molecule has 0 N–H and O–H groups in total. The van der Waals surface area contributed by atoms with Crippen molar-refractivity contribution in [1.29, 1.82) is 0 Å². The van der Waals surface area contributed by atoms with Gasteiger partial charge in [0.1, 0.15) is 5.78 Å². The lowest BCUT2D eigenvalue weighted by Crippen LogP contribution is -2.52. The maximum atomic E-state index is 12.9. The topological polar surface area (TPSA) is 29.5 Å². The van der Waals surface area contributed by atoms with E-state index in [1.54, 1.807) is 0 Å². The minimum absolute atomic E-state index is 0.310. The van der Waals surface area contributed by atoms with Crippen molar-refractivity contribution in [3.05, 3.63) is 35.9 Å². The molecule has 0 radical (unpaired) electrons. The second kappa shape index (κ2) is 8.01. The molecular weight excluding hydrogens is 310 g/mol. The summed E-state index contributed by atoms with van der Waals surface area (Å²) in [5, 5.41) is 0. The lowest BCUT2D eigenvalue weighted by molar-refractivity contribution is -0.128.